The fourth-order valence-electron chi connectivity index (χ4n) is 3.82. The van der Waals surface area contributed by atoms with Crippen LogP contribution in [0.1, 0.15) is 10.4 Å². The van der Waals surface area contributed by atoms with Crippen molar-refractivity contribution in [2.75, 3.05) is 69.8 Å². The Kier molecular flexibility index (Phi) is 8.26. The molecule has 1 N–H and O–H groups in total. The molecular weight excluding hydrogens is 462 g/mol. The van der Waals surface area contributed by atoms with Gasteiger partial charge in [-0.25, -0.2) is 8.42 Å². The van der Waals surface area contributed by atoms with Crippen LogP contribution in [-0.4, -0.2) is 83.5 Å². The Bertz CT molecular complexity index is 1040. The van der Waals surface area contributed by atoms with E-state index >= 15 is 0 Å². The number of sulfonamides is 1. The molecular formula is C23H29N3O5S2. The Morgan fingerprint density at radius 2 is 1.61 bits per heavy atom. The molecule has 2 saturated heterocycles. The highest BCUT2D eigenvalue weighted by atomic mass is 32.2. The van der Waals surface area contributed by atoms with Gasteiger partial charge in [0, 0.05) is 49.1 Å². The molecule has 0 aliphatic carbocycles. The number of carbonyl (C=O) groups is 1. The molecule has 10 heteroatoms. The van der Waals surface area contributed by atoms with Gasteiger partial charge in [0.05, 0.1) is 36.9 Å². The van der Waals surface area contributed by atoms with Crippen LogP contribution in [-0.2, 0) is 19.5 Å². The summed E-state index contributed by atoms with van der Waals surface area (Å²) in [5, 5.41) is 2.96. The molecule has 2 aromatic rings. The first-order valence-corrected chi connectivity index (χ1v) is 13.5. The Morgan fingerprint density at radius 1 is 0.939 bits per heavy atom. The van der Waals surface area contributed by atoms with Gasteiger partial charge in [-0.1, -0.05) is 18.2 Å². The van der Waals surface area contributed by atoms with E-state index in [-0.39, 0.29) is 10.8 Å². The van der Waals surface area contributed by atoms with E-state index in [0.717, 1.165) is 10.6 Å². The van der Waals surface area contributed by atoms with E-state index < -0.39 is 10.0 Å². The molecule has 0 radical (unpaired) electrons. The van der Waals surface area contributed by atoms with Gasteiger partial charge >= 0.3 is 0 Å². The lowest BCUT2D eigenvalue weighted by Crippen LogP contribution is -2.41. The van der Waals surface area contributed by atoms with Crippen LogP contribution in [0, 0.1) is 0 Å². The number of morpholine rings is 2. The van der Waals surface area contributed by atoms with E-state index in [1.165, 1.54) is 10.4 Å². The number of benzene rings is 2. The first kappa shape index (κ1) is 24.0. The zero-order valence-electron chi connectivity index (χ0n) is 18.4. The van der Waals surface area contributed by atoms with Gasteiger partial charge in [-0.05, 0) is 30.3 Å². The third kappa shape index (κ3) is 6.07. The fraction of sp³-hybridized carbons (Fsp3) is 0.435. The summed E-state index contributed by atoms with van der Waals surface area (Å²) in [6, 6.07) is 14.8. The quantitative estimate of drug-likeness (QED) is 0.447. The molecule has 0 aromatic heterocycles. The Hall–Kier alpha value is -2.11. The SMILES string of the molecule is O=C(NCCSc1ccccc1)c1cc(S(=O)(=O)N2CCOCC2)ccc1N1CCOCC1. The van der Waals surface area contributed by atoms with Gasteiger partial charge in [-0.2, -0.15) is 4.31 Å². The maximum absolute atomic E-state index is 13.2. The highest BCUT2D eigenvalue weighted by Crippen LogP contribution is 2.27. The molecule has 2 aliphatic rings. The number of nitrogens with one attached hydrogen (secondary N) is 1. The summed E-state index contributed by atoms with van der Waals surface area (Å²) < 4.78 is 38.5. The molecule has 178 valence electrons. The molecule has 2 heterocycles. The fourth-order valence-corrected chi connectivity index (χ4v) is 6.04. The summed E-state index contributed by atoms with van der Waals surface area (Å²) in [6.45, 7) is 4.29. The topological polar surface area (TPSA) is 88.2 Å². The van der Waals surface area contributed by atoms with Crippen molar-refractivity contribution in [2.24, 2.45) is 0 Å². The predicted molar refractivity (Wildman–Crippen MR) is 129 cm³/mol. The number of carbonyl (C=O) groups excluding carboxylic acids is 1. The summed E-state index contributed by atoms with van der Waals surface area (Å²) in [6.07, 6.45) is 0. The molecule has 2 aromatic carbocycles. The van der Waals surface area contributed by atoms with Crippen molar-refractivity contribution in [3.8, 4) is 0 Å². The largest absolute Gasteiger partial charge is 0.379 e. The second-order valence-corrected chi connectivity index (χ2v) is 10.8. The molecule has 0 unspecified atom stereocenters. The Morgan fingerprint density at radius 3 is 2.30 bits per heavy atom. The summed E-state index contributed by atoms with van der Waals surface area (Å²) in [5.74, 6) is 0.443. The first-order chi connectivity index (χ1) is 16.1. The van der Waals surface area contributed by atoms with Gasteiger partial charge in [-0.3, -0.25) is 4.79 Å². The van der Waals surface area contributed by atoms with E-state index in [0.29, 0.717) is 70.5 Å². The van der Waals surface area contributed by atoms with E-state index in [1.54, 1.807) is 23.9 Å². The van der Waals surface area contributed by atoms with Crippen LogP contribution in [0.2, 0.25) is 0 Å². The Labute approximate surface area is 199 Å². The van der Waals surface area contributed by atoms with E-state index in [9.17, 15) is 13.2 Å². The van der Waals surface area contributed by atoms with Gasteiger partial charge in [0.1, 0.15) is 0 Å². The average molecular weight is 492 g/mol. The molecule has 4 rings (SSSR count). The number of anilines is 1. The van der Waals surface area contributed by atoms with Crippen molar-refractivity contribution in [1.82, 2.24) is 9.62 Å². The van der Waals surface area contributed by atoms with Crippen LogP contribution in [0.3, 0.4) is 0 Å². The molecule has 8 nitrogen and oxygen atoms in total. The zero-order chi connectivity index (χ0) is 23.1. The van der Waals surface area contributed by atoms with E-state index in [4.69, 9.17) is 9.47 Å². The lowest BCUT2D eigenvalue weighted by atomic mass is 10.1. The molecule has 2 fully saturated rings. The minimum Gasteiger partial charge on any atom is -0.379 e. The van der Waals surface area contributed by atoms with Crippen LogP contribution in [0.4, 0.5) is 5.69 Å². The monoisotopic (exact) mass is 491 g/mol. The summed E-state index contributed by atoms with van der Waals surface area (Å²) in [4.78, 5) is 16.5. The number of rotatable bonds is 8. The van der Waals surface area contributed by atoms with Crippen molar-refractivity contribution in [3.05, 3.63) is 54.1 Å². The van der Waals surface area contributed by atoms with Crippen molar-refractivity contribution in [3.63, 3.8) is 0 Å². The first-order valence-electron chi connectivity index (χ1n) is 11.1. The van der Waals surface area contributed by atoms with Gasteiger partial charge in [-0.15, -0.1) is 11.8 Å². The normalized spacial score (nSPS) is 17.6. The molecule has 0 saturated carbocycles. The summed E-state index contributed by atoms with van der Waals surface area (Å²) in [5.41, 5.74) is 1.10. The maximum atomic E-state index is 13.2. The number of hydrogen-bond acceptors (Lipinski definition) is 7. The number of ether oxygens (including phenoxy) is 2. The zero-order valence-corrected chi connectivity index (χ0v) is 20.1. The van der Waals surface area contributed by atoms with Crippen molar-refractivity contribution >= 4 is 33.4 Å². The molecule has 0 spiro atoms. The smallest absolute Gasteiger partial charge is 0.253 e. The molecule has 0 bridgehead atoms. The molecule has 33 heavy (non-hydrogen) atoms. The lowest BCUT2D eigenvalue weighted by Gasteiger charge is -2.31. The Balaban J connectivity index is 1.52. The van der Waals surface area contributed by atoms with Crippen molar-refractivity contribution in [1.29, 1.82) is 0 Å². The third-order valence-electron chi connectivity index (χ3n) is 5.57. The molecule has 0 atom stereocenters. The third-order valence-corrected chi connectivity index (χ3v) is 8.48. The van der Waals surface area contributed by atoms with Gasteiger partial charge in [0.15, 0.2) is 0 Å². The second-order valence-electron chi connectivity index (χ2n) is 7.71. The van der Waals surface area contributed by atoms with E-state index in [2.05, 4.69) is 10.2 Å². The highest BCUT2D eigenvalue weighted by Gasteiger charge is 2.28. The lowest BCUT2D eigenvalue weighted by molar-refractivity contribution is 0.0730. The van der Waals surface area contributed by atoms with Crippen molar-refractivity contribution in [2.45, 2.75) is 9.79 Å². The second kappa shape index (κ2) is 11.3. The number of amides is 1. The number of hydrogen-bond donors (Lipinski definition) is 1. The number of thioether (sulfide) groups is 1. The van der Waals surface area contributed by atoms with Gasteiger partial charge in [0.2, 0.25) is 10.0 Å². The van der Waals surface area contributed by atoms with Gasteiger partial charge in [0.25, 0.3) is 5.91 Å². The minimum absolute atomic E-state index is 0.130. The van der Waals surface area contributed by atoms with Crippen LogP contribution in [0.25, 0.3) is 0 Å². The predicted octanol–water partition coefficient (Wildman–Crippen LogP) is 2.07. The van der Waals surface area contributed by atoms with Gasteiger partial charge < -0.3 is 19.7 Å². The average Bonchev–Trinajstić information content (AvgIpc) is 2.88. The van der Waals surface area contributed by atoms with Crippen LogP contribution in [0.15, 0.2) is 58.3 Å². The molecule has 1 amide bonds. The molecule has 2 aliphatic heterocycles. The number of nitrogens with zero attached hydrogens (tertiary/aromatic N) is 2. The van der Waals surface area contributed by atoms with Crippen LogP contribution in [0.5, 0.6) is 0 Å². The standard InChI is InChI=1S/C23H29N3O5S2/c27-23(24-8-17-32-19-4-2-1-3-5-19)21-18-20(33(28,29)26-11-15-31-16-12-26)6-7-22(21)25-9-13-30-14-10-25/h1-7,18H,8-17H2,(H,24,27). The minimum atomic E-state index is -3.70. The van der Waals surface area contributed by atoms with E-state index in [1.807, 2.05) is 30.3 Å². The van der Waals surface area contributed by atoms with Crippen LogP contribution < -0.4 is 10.2 Å². The highest BCUT2D eigenvalue weighted by molar-refractivity contribution is 7.99. The van der Waals surface area contributed by atoms with Crippen LogP contribution >= 0.6 is 11.8 Å². The summed E-state index contributed by atoms with van der Waals surface area (Å²) in [7, 11) is -3.70. The maximum Gasteiger partial charge on any atom is 0.253 e. The summed E-state index contributed by atoms with van der Waals surface area (Å²) >= 11 is 1.66. The van der Waals surface area contributed by atoms with Crippen molar-refractivity contribution < 1.29 is 22.7 Å².